The summed E-state index contributed by atoms with van der Waals surface area (Å²) < 4.78 is 5.25. The van der Waals surface area contributed by atoms with E-state index >= 15 is 0 Å². The van der Waals surface area contributed by atoms with Crippen molar-refractivity contribution in [3.8, 4) is 10.6 Å². The van der Waals surface area contributed by atoms with Gasteiger partial charge >= 0.3 is 5.97 Å². The molecule has 0 saturated heterocycles. The number of H-pyrrole nitrogens is 1. The zero-order valence-corrected chi connectivity index (χ0v) is 16.2. The van der Waals surface area contributed by atoms with Crippen LogP contribution in [0.2, 0.25) is 0 Å². The predicted molar refractivity (Wildman–Crippen MR) is 110 cm³/mol. The molecule has 0 fully saturated rings. The Morgan fingerprint density at radius 1 is 1.07 bits per heavy atom. The number of carbonyl (C=O) groups is 2. The van der Waals surface area contributed by atoms with E-state index in [4.69, 9.17) is 4.74 Å². The van der Waals surface area contributed by atoms with Crippen LogP contribution in [-0.2, 0) is 16.1 Å². The standard InChI is InChI=1S/C21H18N4O3S/c26-18(28-12-15-13-29-21(23-15)14-6-2-1-3-7-14)10-11-22-20(27)19-16-8-4-5-9-17(16)24-25-19/h1-9,13H,10-12H2,(H,22,27)(H,24,25). The summed E-state index contributed by atoms with van der Waals surface area (Å²) in [6.07, 6.45) is 0.0732. The van der Waals surface area contributed by atoms with Gasteiger partial charge in [-0.05, 0) is 6.07 Å². The van der Waals surface area contributed by atoms with Gasteiger partial charge in [-0.1, -0.05) is 48.5 Å². The van der Waals surface area contributed by atoms with Crippen molar-refractivity contribution in [1.29, 1.82) is 0 Å². The third kappa shape index (κ3) is 4.49. The number of nitrogens with one attached hydrogen (secondary N) is 2. The summed E-state index contributed by atoms with van der Waals surface area (Å²) in [6, 6.07) is 17.2. The van der Waals surface area contributed by atoms with Gasteiger partial charge in [-0.2, -0.15) is 5.10 Å². The fourth-order valence-electron chi connectivity index (χ4n) is 2.81. The maximum Gasteiger partial charge on any atom is 0.307 e. The summed E-state index contributed by atoms with van der Waals surface area (Å²) >= 11 is 1.51. The molecule has 0 aliphatic rings. The first-order valence-electron chi connectivity index (χ1n) is 9.07. The Morgan fingerprint density at radius 2 is 1.86 bits per heavy atom. The van der Waals surface area contributed by atoms with E-state index in [1.807, 2.05) is 60.0 Å². The van der Waals surface area contributed by atoms with Crippen molar-refractivity contribution in [2.24, 2.45) is 0 Å². The van der Waals surface area contributed by atoms with Gasteiger partial charge in [0.1, 0.15) is 11.6 Å². The number of benzene rings is 2. The highest BCUT2D eigenvalue weighted by atomic mass is 32.1. The smallest absolute Gasteiger partial charge is 0.307 e. The quantitative estimate of drug-likeness (QED) is 0.458. The molecular formula is C21H18N4O3S. The van der Waals surface area contributed by atoms with E-state index in [2.05, 4.69) is 20.5 Å². The van der Waals surface area contributed by atoms with Crippen molar-refractivity contribution in [2.75, 3.05) is 6.54 Å². The second-order valence-electron chi connectivity index (χ2n) is 6.29. The first-order chi connectivity index (χ1) is 14.2. The average Bonchev–Trinajstić information content (AvgIpc) is 3.40. The molecule has 146 valence electrons. The second kappa shape index (κ2) is 8.66. The fourth-order valence-corrected chi connectivity index (χ4v) is 3.62. The lowest BCUT2D eigenvalue weighted by Gasteiger charge is -2.04. The summed E-state index contributed by atoms with van der Waals surface area (Å²) in [5, 5.41) is 13.0. The van der Waals surface area contributed by atoms with Crippen LogP contribution in [0.15, 0.2) is 60.0 Å². The average molecular weight is 406 g/mol. The van der Waals surface area contributed by atoms with Crippen molar-refractivity contribution in [3.05, 3.63) is 71.4 Å². The maximum atomic E-state index is 12.3. The molecule has 0 aliphatic carbocycles. The van der Waals surface area contributed by atoms with Crippen LogP contribution in [0, 0.1) is 0 Å². The van der Waals surface area contributed by atoms with Crippen molar-refractivity contribution < 1.29 is 14.3 Å². The molecule has 2 aromatic carbocycles. The molecule has 0 saturated carbocycles. The molecule has 1 amide bonds. The van der Waals surface area contributed by atoms with Gasteiger partial charge in [-0.15, -0.1) is 11.3 Å². The number of aromatic nitrogens is 3. The van der Waals surface area contributed by atoms with Gasteiger partial charge in [-0.3, -0.25) is 14.7 Å². The van der Waals surface area contributed by atoms with Crippen molar-refractivity contribution in [1.82, 2.24) is 20.5 Å². The summed E-state index contributed by atoms with van der Waals surface area (Å²) in [7, 11) is 0. The van der Waals surface area contributed by atoms with Crippen molar-refractivity contribution >= 4 is 34.1 Å². The Hall–Kier alpha value is -3.52. The Morgan fingerprint density at radius 3 is 2.72 bits per heavy atom. The largest absolute Gasteiger partial charge is 0.459 e. The summed E-state index contributed by atoms with van der Waals surface area (Å²) in [6.45, 7) is 0.283. The van der Waals surface area contributed by atoms with Crippen LogP contribution in [0.3, 0.4) is 0 Å². The number of amides is 1. The number of hydrogen-bond donors (Lipinski definition) is 2. The van der Waals surface area contributed by atoms with E-state index in [0.717, 1.165) is 21.5 Å². The third-order valence-corrected chi connectivity index (χ3v) is 5.19. The first-order valence-corrected chi connectivity index (χ1v) is 9.95. The van der Waals surface area contributed by atoms with E-state index in [-0.39, 0.29) is 25.5 Å². The van der Waals surface area contributed by atoms with Crippen molar-refractivity contribution in [3.63, 3.8) is 0 Å². The van der Waals surface area contributed by atoms with Gasteiger partial charge in [0.25, 0.3) is 5.91 Å². The molecule has 7 nitrogen and oxygen atoms in total. The number of esters is 1. The second-order valence-corrected chi connectivity index (χ2v) is 7.15. The van der Waals surface area contributed by atoms with E-state index in [9.17, 15) is 9.59 Å². The highest BCUT2D eigenvalue weighted by Crippen LogP contribution is 2.23. The summed E-state index contributed by atoms with van der Waals surface area (Å²) in [5.74, 6) is -0.728. The molecule has 0 radical (unpaired) electrons. The molecule has 0 unspecified atom stereocenters. The number of aromatic amines is 1. The maximum absolute atomic E-state index is 12.3. The van der Waals surface area contributed by atoms with Gasteiger partial charge in [0.2, 0.25) is 0 Å². The van der Waals surface area contributed by atoms with Crippen LogP contribution < -0.4 is 5.32 Å². The minimum Gasteiger partial charge on any atom is -0.459 e. The monoisotopic (exact) mass is 406 g/mol. The number of para-hydroxylation sites is 1. The van der Waals surface area contributed by atoms with Crippen LogP contribution in [-0.4, -0.2) is 33.6 Å². The van der Waals surface area contributed by atoms with Crippen LogP contribution in [0.5, 0.6) is 0 Å². The lowest BCUT2D eigenvalue weighted by molar-refractivity contribution is -0.144. The number of ether oxygens (including phenoxy) is 1. The van der Waals surface area contributed by atoms with Crippen LogP contribution in [0.1, 0.15) is 22.6 Å². The van der Waals surface area contributed by atoms with Gasteiger partial charge in [-0.25, -0.2) is 4.98 Å². The Kier molecular flexibility index (Phi) is 5.62. The molecule has 2 N–H and O–H groups in total. The Bertz CT molecular complexity index is 1140. The molecule has 0 spiro atoms. The topological polar surface area (TPSA) is 97.0 Å². The minimum atomic E-state index is -0.397. The Balaban J connectivity index is 1.23. The molecule has 29 heavy (non-hydrogen) atoms. The molecule has 0 bridgehead atoms. The Labute approximate surface area is 170 Å². The lowest BCUT2D eigenvalue weighted by atomic mass is 10.2. The number of thiazole rings is 1. The van der Waals surface area contributed by atoms with Crippen LogP contribution in [0.25, 0.3) is 21.5 Å². The van der Waals surface area contributed by atoms with E-state index < -0.39 is 5.97 Å². The third-order valence-electron chi connectivity index (χ3n) is 4.25. The van der Waals surface area contributed by atoms with Gasteiger partial charge in [0.05, 0.1) is 17.6 Å². The zero-order valence-electron chi connectivity index (χ0n) is 15.4. The van der Waals surface area contributed by atoms with Crippen molar-refractivity contribution in [2.45, 2.75) is 13.0 Å². The lowest BCUT2D eigenvalue weighted by Crippen LogP contribution is -2.27. The normalized spacial score (nSPS) is 10.8. The fraction of sp³-hybridized carbons (Fsp3) is 0.143. The number of carbonyl (C=O) groups excluding carboxylic acids is 2. The van der Waals surface area contributed by atoms with Gasteiger partial charge in [0.15, 0.2) is 5.69 Å². The SMILES string of the molecule is O=C(CCNC(=O)c1n[nH]c2ccccc12)OCc1csc(-c2ccccc2)n1. The number of hydrogen-bond acceptors (Lipinski definition) is 6. The van der Waals surface area contributed by atoms with Crippen LogP contribution >= 0.6 is 11.3 Å². The van der Waals surface area contributed by atoms with Gasteiger partial charge in [0, 0.05) is 22.9 Å². The predicted octanol–water partition coefficient (Wildman–Crippen LogP) is 3.55. The van der Waals surface area contributed by atoms with Gasteiger partial charge < -0.3 is 10.1 Å². The number of fused-ring (bicyclic) bond motifs is 1. The molecule has 4 aromatic rings. The molecule has 2 aromatic heterocycles. The molecule has 2 heterocycles. The minimum absolute atomic E-state index is 0.0732. The molecular weight excluding hydrogens is 388 g/mol. The highest BCUT2D eigenvalue weighted by Gasteiger charge is 2.14. The summed E-state index contributed by atoms with van der Waals surface area (Å²) in [4.78, 5) is 28.7. The van der Waals surface area contributed by atoms with Crippen LogP contribution in [0.4, 0.5) is 0 Å². The van der Waals surface area contributed by atoms with E-state index in [1.54, 1.807) is 0 Å². The number of nitrogens with zero attached hydrogens (tertiary/aromatic N) is 2. The molecule has 0 atom stereocenters. The number of rotatable bonds is 7. The molecule has 8 heteroatoms. The molecule has 0 aliphatic heterocycles. The summed E-state index contributed by atoms with van der Waals surface area (Å²) in [5.41, 5.74) is 2.83. The zero-order chi connectivity index (χ0) is 20.1. The van der Waals surface area contributed by atoms with E-state index in [1.165, 1.54) is 11.3 Å². The van der Waals surface area contributed by atoms with E-state index in [0.29, 0.717) is 11.4 Å². The molecule has 4 rings (SSSR count). The first kappa shape index (κ1) is 18.8. The highest BCUT2D eigenvalue weighted by molar-refractivity contribution is 7.13.